The summed E-state index contributed by atoms with van der Waals surface area (Å²) in [6, 6.07) is 18.8. The number of hydrogen-bond acceptors (Lipinski definition) is 4. The van der Waals surface area contributed by atoms with E-state index in [0.29, 0.717) is 0 Å². The lowest BCUT2D eigenvalue weighted by Gasteiger charge is -2.17. The zero-order valence-electron chi connectivity index (χ0n) is 14.6. The van der Waals surface area contributed by atoms with Gasteiger partial charge in [-0.3, -0.25) is 9.58 Å². The fourth-order valence-electron chi connectivity index (χ4n) is 3.10. The van der Waals surface area contributed by atoms with Crippen molar-refractivity contribution < 1.29 is 0 Å². The first-order valence-corrected chi connectivity index (χ1v) is 9.74. The lowest BCUT2D eigenvalue weighted by molar-refractivity contribution is 0.264. The molecule has 0 N–H and O–H groups in total. The third-order valence-electron chi connectivity index (χ3n) is 4.28. The maximum absolute atomic E-state index is 5.55. The van der Waals surface area contributed by atoms with E-state index in [1.54, 1.807) is 11.3 Å². The highest BCUT2D eigenvalue weighted by Crippen LogP contribution is 2.23. The van der Waals surface area contributed by atoms with E-state index in [4.69, 9.17) is 12.2 Å². The van der Waals surface area contributed by atoms with Crippen molar-refractivity contribution in [2.75, 3.05) is 7.05 Å². The maximum Gasteiger partial charge on any atom is 0.163 e. The van der Waals surface area contributed by atoms with Crippen molar-refractivity contribution in [1.29, 1.82) is 0 Å². The Balaban J connectivity index is 1.44. The summed E-state index contributed by atoms with van der Waals surface area (Å²) in [7, 11) is 2.11. The second kappa shape index (κ2) is 7.53. The molecule has 0 saturated carbocycles. The van der Waals surface area contributed by atoms with E-state index in [0.717, 1.165) is 23.7 Å². The molecule has 0 atom stereocenters. The molecule has 0 aliphatic carbocycles. The molecule has 2 aromatic heterocycles. The van der Waals surface area contributed by atoms with E-state index in [2.05, 4.69) is 76.3 Å². The van der Waals surface area contributed by atoms with Gasteiger partial charge in [-0.1, -0.05) is 42.5 Å². The molecule has 0 fully saturated rings. The predicted octanol–water partition coefficient (Wildman–Crippen LogP) is 4.77. The van der Waals surface area contributed by atoms with Gasteiger partial charge in [0.1, 0.15) is 0 Å². The minimum Gasteiger partial charge on any atom is -0.309 e. The van der Waals surface area contributed by atoms with Crippen LogP contribution in [0.4, 0.5) is 0 Å². The second-order valence-electron chi connectivity index (χ2n) is 6.45. The third kappa shape index (κ3) is 3.77. The summed E-state index contributed by atoms with van der Waals surface area (Å²) < 4.78 is 6.34. The number of nitrogens with zero attached hydrogens (tertiary/aromatic N) is 4. The van der Waals surface area contributed by atoms with Gasteiger partial charge in [-0.15, -0.1) is 11.3 Å². The number of rotatable bonds is 6. The van der Waals surface area contributed by atoms with Crippen LogP contribution < -0.4 is 0 Å². The molecule has 132 valence electrons. The number of fused-ring (bicyclic) bond motifs is 1. The number of aromatic nitrogens is 3. The molecule has 0 unspecified atom stereocenters. The molecule has 26 heavy (non-hydrogen) atoms. The summed E-state index contributed by atoms with van der Waals surface area (Å²) in [4.78, 5) is 2.26. The minimum atomic E-state index is 0.771. The van der Waals surface area contributed by atoms with E-state index in [1.165, 1.54) is 21.3 Å². The van der Waals surface area contributed by atoms with E-state index in [1.807, 2.05) is 16.9 Å². The largest absolute Gasteiger partial charge is 0.309 e. The maximum atomic E-state index is 5.55. The van der Waals surface area contributed by atoms with Gasteiger partial charge < -0.3 is 4.57 Å². The molecule has 0 saturated heterocycles. The molecule has 4 rings (SSSR count). The van der Waals surface area contributed by atoms with Crippen molar-refractivity contribution in [2.24, 2.45) is 0 Å². The van der Waals surface area contributed by atoms with Crippen LogP contribution >= 0.6 is 23.6 Å². The fourth-order valence-corrected chi connectivity index (χ4v) is 4.41. The van der Waals surface area contributed by atoms with Crippen LogP contribution in [-0.4, -0.2) is 26.3 Å². The molecule has 4 nitrogen and oxygen atoms in total. The lowest BCUT2D eigenvalue weighted by Crippen LogP contribution is -2.21. The monoisotopic (exact) mass is 380 g/mol. The van der Waals surface area contributed by atoms with E-state index >= 15 is 0 Å². The number of hydrogen-bond donors (Lipinski definition) is 0. The average Bonchev–Trinajstić information content (AvgIpc) is 3.20. The summed E-state index contributed by atoms with van der Waals surface area (Å²) in [5, 5.41) is 4.49. The molecule has 0 spiro atoms. The average molecular weight is 381 g/mol. The van der Waals surface area contributed by atoms with Crippen molar-refractivity contribution >= 4 is 33.8 Å². The van der Waals surface area contributed by atoms with Crippen molar-refractivity contribution in [1.82, 2.24) is 19.2 Å². The molecule has 0 aliphatic heterocycles. The predicted molar refractivity (Wildman–Crippen MR) is 110 cm³/mol. The molecule has 4 aromatic rings. The van der Waals surface area contributed by atoms with Crippen LogP contribution in [0.1, 0.15) is 11.1 Å². The van der Waals surface area contributed by atoms with E-state index in [-0.39, 0.29) is 0 Å². The third-order valence-corrected chi connectivity index (χ3v) is 5.71. The smallest absolute Gasteiger partial charge is 0.163 e. The molecule has 2 heterocycles. The Hall–Kier alpha value is -2.28. The molecule has 0 bridgehead atoms. The fraction of sp³-hybridized carbons (Fsp3) is 0.200. The summed E-state index contributed by atoms with van der Waals surface area (Å²) in [5.41, 5.74) is 3.66. The zero-order chi connectivity index (χ0) is 17.9. The van der Waals surface area contributed by atoms with Gasteiger partial charge in [0, 0.05) is 18.3 Å². The van der Waals surface area contributed by atoms with Crippen LogP contribution in [0.2, 0.25) is 0 Å². The van der Waals surface area contributed by atoms with Crippen molar-refractivity contribution in [3.8, 4) is 0 Å². The molecule has 0 aliphatic rings. The van der Waals surface area contributed by atoms with Gasteiger partial charge >= 0.3 is 0 Å². The first-order chi connectivity index (χ1) is 12.7. The van der Waals surface area contributed by atoms with Gasteiger partial charge in [-0.25, -0.2) is 0 Å². The lowest BCUT2D eigenvalue weighted by atomic mass is 10.2. The summed E-state index contributed by atoms with van der Waals surface area (Å²) in [6.45, 7) is 2.40. The molecule has 0 amide bonds. The number of para-hydroxylation sites is 1. The second-order valence-corrected chi connectivity index (χ2v) is 8.13. The Kier molecular flexibility index (Phi) is 4.97. The van der Waals surface area contributed by atoms with Gasteiger partial charge in [0.25, 0.3) is 0 Å². The van der Waals surface area contributed by atoms with Crippen molar-refractivity contribution in [3.63, 3.8) is 0 Å². The Labute approximate surface area is 161 Å². The highest BCUT2D eigenvalue weighted by Gasteiger charge is 2.09. The molecular formula is C20H20N4S2. The minimum absolute atomic E-state index is 0.771. The van der Waals surface area contributed by atoms with Crippen molar-refractivity contribution in [2.45, 2.75) is 19.8 Å². The van der Waals surface area contributed by atoms with Crippen LogP contribution in [0.25, 0.3) is 10.2 Å². The topological polar surface area (TPSA) is 26.0 Å². The van der Waals surface area contributed by atoms with E-state index < -0.39 is 0 Å². The van der Waals surface area contributed by atoms with Crippen LogP contribution in [0.15, 0.2) is 67.0 Å². The van der Waals surface area contributed by atoms with Crippen LogP contribution in [0.5, 0.6) is 0 Å². The molecule has 2 aromatic carbocycles. The van der Waals surface area contributed by atoms with Gasteiger partial charge in [0.05, 0.1) is 29.6 Å². The summed E-state index contributed by atoms with van der Waals surface area (Å²) in [6.07, 6.45) is 4.07. The van der Waals surface area contributed by atoms with Gasteiger partial charge in [-0.2, -0.15) is 5.10 Å². The first kappa shape index (κ1) is 17.1. The number of benzene rings is 2. The zero-order valence-corrected chi connectivity index (χ0v) is 16.2. The number of thiazole rings is 1. The Morgan fingerprint density at radius 2 is 1.81 bits per heavy atom. The van der Waals surface area contributed by atoms with Gasteiger partial charge in [-0.05, 0) is 37.0 Å². The molecule has 0 radical (unpaired) electrons. The van der Waals surface area contributed by atoms with Crippen LogP contribution in [0.3, 0.4) is 0 Å². The Morgan fingerprint density at radius 1 is 1.04 bits per heavy atom. The Morgan fingerprint density at radius 3 is 2.65 bits per heavy atom. The molecular weight excluding hydrogens is 360 g/mol. The van der Waals surface area contributed by atoms with Gasteiger partial charge in [0.15, 0.2) is 3.95 Å². The van der Waals surface area contributed by atoms with Crippen LogP contribution in [-0.2, 0) is 19.8 Å². The summed E-state index contributed by atoms with van der Waals surface area (Å²) in [5.74, 6) is 0. The van der Waals surface area contributed by atoms with Crippen molar-refractivity contribution in [3.05, 3.63) is 82.1 Å². The van der Waals surface area contributed by atoms with Crippen LogP contribution in [0, 0.1) is 3.95 Å². The first-order valence-electron chi connectivity index (χ1n) is 8.51. The molecule has 6 heteroatoms. The SMILES string of the molecule is CN(Cc1cnn(Cc2ccccc2)c1)Cn1c(=S)sc2ccccc21. The Bertz CT molecular complexity index is 1060. The summed E-state index contributed by atoms with van der Waals surface area (Å²) >= 11 is 7.22. The highest BCUT2D eigenvalue weighted by atomic mass is 32.1. The van der Waals surface area contributed by atoms with Gasteiger partial charge in [0.2, 0.25) is 0 Å². The van der Waals surface area contributed by atoms with E-state index in [9.17, 15) is 0 Å². The quantitative estimate of drug-likeness (QED) is 0.451. The standard InChI is InChI=1S/C20H20N4S2/c1-22(15-24-18-9-5-6-10-19(18)26-20(24)25)12-17-11-21-23(14-17)13-16-7-3-2-4-8-16/h2-11,14H,12-13,15H2,1H3. The highest BCUT2D eigenvalue weighted by molar-refractivity contribution is 7.73. The normalized spacial score (nSPS) is 11.5.